The van der Waals surface area contributed by atoms with E-state index in [9.17, 15) is 18.0 Å². The number of nitrogens with zero attached hydrogens (tertiary/aromatic N) is 3. The predicted molar refractivity (Wildman–Crippen MR) is 71.4 cm³/mol. The molecule has 3 aromatic rings. The van der Waals surface area contributed by atoms with Crippen molar-refractivity contribution in [3.05, 3.63) is 64.8 Å². The summed E-state index contributed by atoms with van der Waals surface area (Å²) in [5.41, 5.74) is -0.932. The average Bonchev–Trinajstić information content (AvgIpc) is 2.88. The normalized spacial score (nSPS) is 11.4. The molecule has 1 aromatic carbocycles. The van der Waals surface area contributed by atoms with Crippen molar-refractivity contribution in [1.82, 2.24) is 14.8 Å². The fourth-order valence-electron chi connectivity index (χ4n) is 1.72. The van der Waals surface area contributed by atoms with Gasteiger partial charge in [0.1, 0.15) is 5.75 Å². The summed E-state index contributed by atoms with van der Waals surface area (Å²) >= 11 is 0. The number of benzene rings is 1. The lowest BCUT2D eigenvalue weighted by Crippen LogP contribution is -2.15. The average molecular weight is 323 g/mol. The maximum atomic E-state index is 12.5. The van der Waals surface area contributed by atoms with Crippen LogP contribution >= 0.6 is 0 Å². The molecule has 9 heteroatoms. The van der Waals surface area contributed by atoms with E-state index >= 15 is 0 Å². The van der Waals surface area contributed by atoms with Gasteiger partial charge in [-0.25, -0.2) is 9.78 Å². The van der Waals surface area contributed by atoms with Gasteiger partial charge >= 0.3 is 18.0 Å². The molecular formula is C14H8F3N3O3. The Morgan fingerprint density at radius 2 is 1.83 bits per heavy atom. The summed E-state index contributed by atoms with van der Waals surface area (Å²) in [5.74, 6) is -0.654. The number of para-hydroxylation sites is 1. The van der Waals surface area contributed by atoms with E-state index in [1.54, 1.807) is 30.3 Å². The lowest BCUT2D eigenvalue weighted by Gasteiger charge is -2.05. The summed E-state index contributed by atoms with van der Waals surface area (Å²) in [4.78, 5) is 15.3. The molecule has 0 fully saturated rings. The van der Waals surface area contributed by atoms with Crippen LogP contribution in [-0.4, -0.2) is 14.8 Å². The Hall–Kier alpha value is -3.10. The van der Waals surface area contributed by atoms with E-state index in [2.05, 4.69) is 10.1 Å². The van der Waals surface area contributed by atoms with Crippen LogP contribution in [-0.2, 0) is 6.18 Å². The van der Waals surface area contributed by atoms with Crippen LogP contribution in [0.3, 0.4) is 0 Å². The van der Waals surface area contributed by atoms with Gasteiger partial charge in [-0.1, -0.05) is 23.3 Å². The van der Waals surface area contributed by atoms with Crippen molar-refractivity contribution in [2.75, 3.05) is 0 Å². The monoisotopic (exact) mass is 323 g/mol. The molecule has 0 saturated heterocycles. The van der Waals surface area contributed by atoms with Crippen molar-refractivity contribution in [2.45, 2.75) is 6.18 Å². The molecule has 6 nitrogen and oxygen atoms in total. The van der Waals surface area contributed by atoms with Crippen LogP contribution in [0.1, 0.15) is 5.56 Å². The van der Waals surface area contributed by atoms with Crippen molar-refractivity contribution < 1.29 is 22.3 Å². The van der Waals surface area contributed by atoms with Gasteiger partial charge in [-0.2, -0.15) is 13.2 Å². The molecule has 0 aliphatic carbocycles. The third kappa shape index (κ3) is 3.23. The first-order chi connectivity index (χ1) is 10.9. The minimum atomic E-state index is -4.51. The fraction of sp³-hybridized carbons (Fsp3) is 0.0714. The van der Waals surface area contributed by atoms with Crippen molar-refractivity contribution in [3.63, 3.8) is 0 Å². The van der Waals surface area contributed by atoms with Gasteiger partial charge in [0.25, 0.3) is 0 Å². The summed E-state index contributed by atoms with van der Waals surface area (Å²) in [7, 11) is 0. The Balaban J connectivity index is 1.88. The highest BCUT2D eigenvalue weighted by Crippen LogP contribution is 2.28. The molecule has 0 unspecified atom stereocenters. The smallest absolute Gasteiger partial charge is 0.410 e. The number of aromatic nitrogens is 3. The number of hydrogen-bond acceptors (Lipinski definition) is 5. The van der Waals surface area contributed by atoms with Crippen molar-refractivity contribution in [3.8, 4) is 17.6 Å². The molecule has 2 heterocycles. The lowest BCUT2D eigenvalue weighted by atomic mass is 10.3. The first kappa shape index (κ1) is 14.8. The van der Waals surface area contributed by atoms with Crippen LogP contribution < -0.4 is 10.5 Å². The van der Waals surface area contributed by atoms with Crippen LogP contribution in [0.15, 0.2) is 57.9 Å². The summed E-state index contributed by atoms with van der Waals surface area (Å²) in [6.45, 7) is 0. The second-order valence-corrected chi connectivity index (χ2v) is 4.36. The quantitative estimate of drug-likeness (QED) is 0.741. The molecule has 0 aliphatic rings. The van der Waals surface area contributed by atoms with Crippen molar-refractivity contribution in [2.24, 2.45) is 0 Å². The zero-order chi connectivity index (χ0) is 16.4. The molecule has 3 rings (SSSR count). The van der Waals surface area contributed by atoms with Gasteiger partial charge in [-0.3, -0.25) is 0 Å². The Morgan fingerprint density at radius 1 is 1.09 bits per heavy atom. The van der Waals surface area contributed by atoms with Gasteiger partial charge < -0.3 is 9.15 Å². The second-order valence-electron chi connectivity index (χ2n) is 4.36. The van der Waals surface area contributed by atoms with E-state index in [-0.39, 0.29) is 11.9 Å². The molecule has 0 saturated carbocycles. The fourth-order valence-corrected chi connectivity index (χ4v) is 1.72. The van der Waals surface area contributed by atoms with Gasteiger partial charge in [0.15, 0.2) is 5.82 Å². The van der Waals surface area contributed by atoms with Crippen LogP contribution in [0.4, 0.5) is 13.2 Å². The maximum Gasteiger partial charge on any atom is 0.445 e. The topological polar surface area (TPSA) is 70.2 Å². The molecule has 0 radical (unpaired) electrons. The van der Waals surface area contributed by atoms with Crippen LogP contribution in [0.2, 0.25) is 0 Å². The molecule has 2 aromatic heterocycles. The highest BCUT2D eigenvalue weighted by Gasteiger charge is 2.30. The summed E-state index contributed by atoms with van der Waals surface area (Å²) in [6, 6.07) is 10.2. The first-order valence-corrected chi connectivity index (χ1v) is 6.30. The van der Waals surface area contributed by atoms with Gasteiger partial charge in [-0.05, 0) is 24.3 Å². The number of hydrogen-bond donors (Lipinski definition) is 0. The summed E-state index contributed by atoms with van der Waals surface area (Å²) in [6.07, 6.45) is -4.25. The summed E-state index contributed by atoms with van der Waals surface area (Å²) < 4.78 is 48.2. The van der Waals surface area contributed by atoms with Crippen molar-refractivity contribution >= 4 is 0 Å². The number of rotatable bonds is 3. The standard InChI is InChI=1S/C14H8F3N3O3/c15-14(16,17)9-6-7-11(18-8-9)20-13(21)23-12(19-20)22-10-4-2-1-3-5-10/h1-8H. The van der Waals surface area contributed by atoms with Crippen molar-refractivity contribution in [1.29, 1.82) is 0 Å². The molecular weight excluding hydrogens is 315 g/mol. The van der Waals surface area contributed by atoms with E-state index < -0.39 is 17.5 Å². The molecule has 0 aliphatic heterocycles. The zero-order valence-corrected chi connectivity index (χ0v) is 11.3. The third-order valence-electron chi connectivity index (χ3n) is 2.77. The van der Waals surface area contributed by atoms with E-state index in [1.807, 2.05) is 0 Å². The van der Waals surface area contributed by atoms with E-state index in [0.717, 1.165) is 12.1 Å². The second kappa shape index (κ2) is 5.59. The van der Waals surface area contributed by atoms with Crippen LogP contribution in [0, 0.1) is 0 Å². The Kier molecular flexibility index (Phi) is 3.61. The molecule has 118 valence electrons. The Bertz CT molecular complexity index is 855. The maximum absolute atomic E-state index is 12.5. The Morgan fingerprint density at radius 3 is 2.43 bits per heavy atom. The molecule has 0 spiro atoms. The zero-order valence-electron chi connectivity index (χ0n) is 11.3. The minimum Gasteiger partial charge on any atom is -0.410 e. The molecule has 0 atom stereocenters. The van der Waals surface area contributed by atoms with E-state index in [4.69, 9.17) is 9.15 Å². The van der Waals surface area contributed by atoms with Gasteiger partial charge in [0.05, 0.1) is 5.56 Å². The summed E-state index contributed by atoms with van der Waals surface area (Å²) in [5, 5.41) is 3.74. The predicted octanol–water partition coefficient (Wildman–Crippen LogP) is 3.03. The van der Waals surface area contributed by atoms with Gasteiger partial charge in [-0.15, -0.1) is 4.68 Å². The van der Waals surface area contributed by atoms with Gasteiger partial charge in [0, 0.05) is 6.20 Å². The molecule has 0 N–H and O–H groups in total. The van der Waals surface area contributed by atoms with Crippen LogP contribution in [0.5, 0.6) is 11.8 Å². The molecule has 0 bridgehead atoms. The molecule has 23 heavy (non-hydrogen) atoms. The molecule has 0 amide bonds. The van der Waals surface area contributed by atoms with Gasteiger partial charge in [0.2, 0.25) is 0 Å². The SMILES string of the molecule is O=c1oc(Oc2ccccc2)nn1-c1ccc(C(F)(F)F)cn1. The van der Waals surface area contributed by atoms with E-state index in [1.165, 1.54) is 0 Å². The third-order valence-corrected chi connectivity index (χ3v) is 2.77. The largest absolute Gasteiger partial charge is 0.445 e. The number of halogens is 3. The lowest BCUT2D eigenvalue weighted by molar-refractivity contribution is -0.137. The van der Waals surface area contributed by atoms with Crippen LogP contribution in [0.25, 0.3) is 5.82 Å². The highest BCUT2D eigenvalue weighted by molar-refractivity contribution is 5.26. The first-order valence-electron chi connectivity index (χ1n) is 6.30. The number of ether oxygens (including phenoxy) is 1. The minimum absolute atomic E-state index is 0.116. The highest BCUT2D eigenvalue weighted by atomic mass is 19.4. The number of alkyl halides is 3. The van der Waals surface area contributed by atoms with E-state index in [0.29, 0.717) is 16.6 Å². The number of pyridine rings is 1. The Labute approximate surface area is 126 Å².